The highest BCUT2D eigenvalue weighted by molar-refractivity contribution is 5.87. The normalized spacial score (nSPS) is 15.8. The van der Waals surface area contributed by atoms with Gasteiger partial charge in [-0.1, -0.05) is 36.4 Å². The molecule has 0 saturated heterocycles. The van der Waals surface area contributed by atoms with Gasteiger partial charge in [0.05, 0.1) is 0 Å². The van der Waals surface area contributed by atoms with Crippen molar-refractivity contribution < 1.29 is 9.21 Å². The van der Waals surface area contributed by atoms with E-state index in [1.165, 1.54) is 0 Å². The molecule has 0 radical (unpaired) electrons. The van der Waals surface area contributed by atoms with Gasteiger partial charge in [-0.15, -0.1) is 0 Å². The molecule has 0 fully saturated rings. The first-order valence-corrected chi connectivity index (χ1v) is 7.53. The van der Waals surface area contributed by atoms with Crippen molar-refractivity contribution in [3.8, 4) is 11.3 Å². The van der Waals surface area contributed by atoms with Crippen molar-refractivity contribution in [1.29, 1.82) is 0 Å². The van der Waals surface area contributed by atoms with Gasteiger partial charge < -0.3 is 15.1 Å². The lowest BCUT2D eigenvalue weighted by atomic mass is 10.1. The predicted octanol–water partition coefficient (Wildman–Crippen LogP) is 2.73. The Morgan fingerprint density at radius 1 is 1.36 bits per heavy atom. The van der Waals surface area contributed by atoms with Crippen LogP contribution in [0, 0.1) is 0 Å². The highest BCUT2D eigenvalue weighted by Gasteiger charge is 2.23. The van der Waals surface area contributed by atoms with E-state index >= 15 is 0 Å². The highest BCUT2D eigenvalue weighted by atomic mass is 16.3. The number of carbonyl (C=O) groups is 1. The number of benzene rings is 1. The van der Waals surface area contributed by atoms with Gasteiger partial charge in [0.1, 0.15) is 11.5 Å². The van der Waals surface area contributed by atoms with E-state index in [1.54, 1.807) is 12.2 Å². The first-order chi connectivity index (χ1) is 10.6. The zero-order valence-electron chi connectivity index (χ0n) is 12.7. The summed E-state index contributed by atoms with van der Waals surface area (Å²) in [6.45, 7) is 3.12. The molecule has 1 unspecified atom stereocenters. The Labute approximate surface area is 130 Å². The molecule has 2 aromatic rings. The highest BCUT2D eigenvalue weighted by Crippen LogP contribution is 2.29. The van der Waals surface area contributed by atoms with Crippen LogP contribution in [0.2, 0.25) is 0 Å². The van der Waals surface area contributed by atoms with Gasteiger partial charge in [-0.2, -0.15) is 0 Å². The van der Waals surface area contributed by atoms with Crippen LogP contribution in [0.4, 0.5) is 0 Å². The summed E-state index contributed by atoms with van der Waals surface area (Å²) in [6, 6.07) is 12.0. The van der Waals surface area contributed by atoms with E-state index in [0.717, 1.165) is 29.1 Å². The molecule has 1 amide bonds. The minimum absolute atomic E-state index is 0.00501. The molecule has 0 spiro atoms. The van der Waals surface area contributed by atoms with Gasteiger partial charge in [0.15, 0.2) is 0 Å². The van der Waals surface area contributed by atoms with E-state index in [2.05, 4.69) is 0 Å². The number of amides is 1. The molecule has 0 aliphatic carbocycles. The van der Waals surface area contributed by atoms with Crippen molar-refractivity contribution in [2.75, 3.05) is 6.54 Å². The average molecular weight is 296 g/mol. The zero-order valence-corrected chi connectivity index (χ0v) is 12.7. The second kappa shape index (κ2) is 6.20. The van der Waals surface area contributed by atoms with Crippen LogP contribution in [0.25, 0.3) is 11.3 Å². The van der Waals surface area contributed by atoms with Crippen molar-refractivity contribution in [2.45, 2.75) is 25.9 Å². The number of nitrogens with zero attached hydrogens (tertiary/aromatic N) is 1. The van der Waals surface area contributed by atoms with Crippen LogP contribution in [0.5, 0.6) is 0 Å². The summed E-state index contributed by atoms with van der Waals surface area (Å²) in [7, 11) is 0. The third-order valence-electron chi connectivity index (χ3n) is 3.78. The van der Waals surface area contributed by atoms with Crippen LogP contribution < -0.4 is 5.73 Å². The van der Waals surface area contributed by atoms with Gasteiger partial charge in [0.2, 0.25) is 5.91 Å². The molecule has 2 heterocycles. The molecule has 22 heavy (non-hydrogen) atoms. The lowest BCUT2D eigenvalue weighted by Gasteiger charge is -2.25. The molecule has 2 N–H and O–H groups in total. The maximum atomic E-state index is 12.1. The van der Waals surface area contributed by atoms with Crippen molar-refractivity contribution in [2.24, 2.45) is 5.73 Å². The maximum absolute atomic E-state index is 12.1. The number of furan rings is 1. The van der Waals surface area contributed by atoms with E-state index < -0.39 is 0 Å². The maximum Gasteiger partial charge on any atom is 0.246 e. The molecule has 1 aliphatic rings. The minimum Gasteiger partial charge on any atom is -0.461 e. The fourth-order valence-electron chi connectivity index (χ4n) is 2.61. The molecule has 1 aromatic carbocycles. The topological polar surface area (TPSA) is 59.5 Å². The molecule has 3 rings (SSSR count). The first kappa shape index (κ1) is 14.6. The average Bonchev–Trinajstić information content (AvgIpc) is 2.96. The van der Waals surface area contributed by atoms with Gasteiger partial charge in [-0.25, -0.2) is 0 Å². The molecule has 4 nitrogen and oxygen atoms in total. The quantitative estimate of drug-likeness (QED) is 0.886. The van der Waals surface area contributed by atoms with Crippen LogP contribution in [-0.4, -0.2) is 23.4 Å². The molecular weight excluding hydrogens is 276 g/mol. The number of hydrogen-bond acceptors (Lipinski definition) is 3. The SMILES string of the molecule is CC(N)/C=C/C(=O)N1CCc2oc(-c3ccccc3)cc2C1. The summed E-state index contributed by atoms with van der Waals surface area (Å²) < 4.78 is 5.94. The van der Waals surface area contributed by atoms with Gasteiger partial charge >= 0.3 is 0 Å². The molecular formula is C18H20N2O2. The number of rotatable bonds is 3. The Kier molecular flexibility index (Phi) is 4.11. The standard InChI is InChI=1S/C18H20N2O2/c1-13(19)7-8-18(21)20-10-9-16-15(12-20)11-17(22-16)14-5-3-2-4-6-14/h2-8,11,13H,9-10,12,19H2,1H3/b8-7+. The van der Waals surface area contributed by atoms with Crippen molar-refractivity contribution >= 4 is 5.91 Å². The number of fused-ring (bicyclic) bond motifs is 1. The Morgan fingerprint density at radius 3 is 2.86 bits per heavy atom. The van der Waals surface area contributed by atoms with Gasteiger partial charge in [-0.3, -0.25) is 4.79 Å². The Morgan fingerprint density at radius 2 is 2.14 bits per heavy atom. The van der Waals surface area contributed by atoms with Crippen molar-refractivity contribution in [3.05, 3.63) is 59.9 Å². The molecule has 1 aromatic heterocycles. The fraction of sp³-hybridized carbons (Fsp3) is 0.278. The Bertz CT molecular complexity index is 686. The smallest absolute Gasteiger partial charge is 0.246 e. The van der Waals surface area contributed by atoms with Crippen LogP contribution >= 0.6 is 0 Å². The fourth-order valence-corrected chi connectivity index (χ4v) is 2.61. The largest absolute Gasteiger partial charge is 0.461 e. The molecule has 114 valence electrons. The molecule has 0 bridgehead atoms. The zero-order chi connectivity index (χ0) is 15.5. The van der Waals surface area contributed by atoms with E-state index in [4.69, 9.17) is 10.2 Å². The van der Waals surface area contributed by atoms with Gasteiger partial charge in [-0.05, 0) is 13.0 Å². The Balaban J connectivity index is 1.76. The van der Waals surface area contributed by atoms with Crippen LogP contribution in [-0.2, 0) is 17.8 Å². The third-order valence-corrected chi connectivity index (χ3v) is 3.78. The van der Waals surface area contributed by atoms with Crippen LogP contribution in [0.3, 0.4) is 0 Å². The third kappa shape index (κ3) is 3.12. The summed E-state index contributed by atoms with van der Waals surface area (Å²) in [5.41, 5.74) is 7.79. The minimum atomic E-state index is -0.108. The predicted molar refractivity (Wildman–Crippen MR) is 86.1 cm³/mol. The van der Waals surface area contributed by atoms with Gasteiger partial charge in [0.25, 0.3) is 0 Å². The van der Waals surface area contributed by atoms with E-state index in [0.29, 0.717) is 13.1 Å². The first-order valence-electron chi connectivity index (χ1n) is 7.53. The number of carbonyl (C=O) groups excluding carboxylic acids is 1. The van der Waals surface area contributed by atoms with E-state index in [-0.39, 0.29) is 11.9 Å². The second-order valence-corrected chi connectivity index (χ2v) is 5.65. The van der Waals surface area contributed by atoms with Crippen molar-refractivity contribution in [1.82, 2.24) is 4.90 Å². The number of hydrogen-bond donors (Lipinski definition) is 1. The second-order valence-electron chi connectivity index (χ2n) is 5.65. The number of nitrogens with two attached hydrogens (primary N) is 1. The lowest BCUT2D eigenvalue weighted by Crippen LogP contribution is -2.34. The van der Waals surface area contributed by atoms with Crippen molar-refractivity contribution in [3.63, 3.8) is 0 Å². The molecule has 0 saturated carbocycles. The van der Waals surface area contributed by atoms with Crippen LogP contribution in [0.15, 0.2) is 53.0 Å². The molecule has 4 heteroatoms. The summed E-state index contributed by atoms with van der Waals surface area (Å²) in [5.74, 6) is 1.86. The summed E-state index contributed by atoms with van der Waals surface area (Å²) in [6.07, 6.45) is 4.04. The van der Waals surface area contributed by atoms with Crippen LogP contribution in [0.1, 0.15) is 18.2 Å². The Hall–Kier alpha value is -2.33. The molecule has 1 atom stereocenters. The summed E-state index contributed by atoms with van der Waals surface area (Å²) in [5, 5.41) is 0. The van der Waals surface area contributed by atoms with E-state index in [1.807, 2.05) is 48.2 Å². The summed E-state index contributed by atoms with van der Waals surface area (Å²) >= 11 is 0. The lowest BCUT2D eigenvalue weighted by molar-refractivity contribution is -0.127. The van der Waals surface area contributed by atoms with E-state index in [9.17, 15) is 4.79 Å². The van der Waals surface area contributed by atoms with Gasteiger partial charge in [0, 0.05) is 42.8 Å². The molecule has 1 aliphatic heterocycles. The summed E-state index contributed by atoms with van der Waals surface area (Å²) in [4.78, 5) is 14.0. The monoisotopic (exact) mass is 296 g/mol.